The smallest absolute Gasteiger partial charge is 0.192 e. The van der Waals surface area contributed by atoms with Gasteiger partial charge in [-0.1, -0.05) is 12.1 Å². The second-order valence-electron chi connectivity index (χ2n) is 3.73. The number of aliphatic hydroxyl groups excluding tert-OH is 1. The van der Waals surface area contributed by atoms with Crippen molar-refractivity contribution < 1.29 is 19.7 Å². The molecule has 0 aliphatic carbocycles. The first-order chi connectivity index (χ1) is 7.14. The summed E-state index contributed by atoms with van der Waals surface area (Å²) in [7, 11) is 0. The number of rotatable bonds is 2. The van der Waals surface area contributed by atoms with Crippen LogP contribution in [0, 0.1) is 0 Å². The highest BCUT2D eigenvalue weighted by atomic mass is 16.7. The minimum absolute atomic E-state index is 0.0611. The number of benzene rings is 1. The van der Waals surface area contributed by atoms with Gasteiger partial charge in [0.05, 0.1) is 13.2 Å². The average Bonchev–Trinajstić information content (AvgIpc) is 2.62. The zero-order chi connectivity index (χ0) is 10.9. The van der Waals surface area contributed by atoms with Gasteiger partial charge in [-0.25, -0.2) is 0 Å². The van der Waals surface area contributed by atoms with E-state index in [1.807, 2.05) is 6.07 Å². The van der Waals surface area contributed by atoms with E-state index in [9.17, 15) is 5.11 Å². The van der Waals surface area contributed by atoms with Crippen LogP contribution in [0.25, 0.3) is 0 Å². The Kier molecular flexibility index (Phi) is 2.65. The second kappa shape index (κ2) is 3.81. The van der Waals surface area contributed by atoms with Crippen LogP contribution in [0.2, 0.25) is 0 Å². The summed E-state index contributed by atoms with van der Waals surface area (Å²) in [5.74, 6) is -0.694. The fourth-order valence-corrected chi connectivity index (χ4v) is 1.67. The van der Waals surface area contributed by atoms with Crippen molar-refractivity contribution in [3.63, 3.8) is 0 Å². The number of phenolic OH excluding ortho intramolecular Hbond substituents is 1. The molecule has 1 saturated heterocycles. The van der Waals surface area contributed by atoms with Crippen LogP contribution >= 0.6 is 0 Å². The van der Waals surface area contributed by atoms with Crippen molar-refractivity contribution in [1.82, 2.24) is 0 Å². The molecule has 0 amide bonds. The summed E-state index contributed by atoms with van der Waals surface area (Å²) in [6, 6.07) is 6.74. The first-order valence-electron chi connectivity index (χ1n) is 4.86. The topological polar surface area (TPSA) is 58.9 Å². The third-order valence-electron chi connectivity index (χ3n) is 2.51. The Morgan fingerprint density at radius 1 is 1.53 bits per heavy atom. The molecule has 1 aromatic rings. The highest BCUT2D eigenvalue weighted by Crippen LogP contribution is 2.34. The number of hydrogen-bond donors (Lipinski definition) is 2. The van der Waals surface area contributed by atoms with E-state index in [1.54, 1.807) is 25.1 Å². The van der Waals surface area contributed by atoms with Gasteiger partial charge in [0.15, 0.2) is 5.79 Å². The van der Waals surface area contributed by atoms with Crippen molar-refractivity contribution in [1.29, 1.82) is 0 Å². The van der Waals surface area contributed by atoms with Crippen LogP contribution in [-0.4, -0.2) is 29.5 Å². The number of aromatic hydroxyl groups is 1. The summed E-state index contributed by atoms with van der Waals surface area (Å²) in [5.41, 5.74) is 0.749. The molecule has 2 rings (SSSR count). The van der Waals surface area contributed by atoms with Gasteiger partial charge in [0.1, 0.15) is 11.9 Å². The summed E-state index contributed by atoms with van der Waals surface area (Å²) in [6.07, 6.45) is -0.294. The van der Waals surface area contributed by atoms with Gasteiger partial charge in [-0.15, -0.1) is 0 Å². The quantitative estimate of drug-likeness (QED) is 0.763. The molecule has 82 valence electrons. The summed E-state index contributed by atoms with van der Waals surface area (Å²) in [4.78, 5) is 0. The standard InChI is InChI=1S/C11H14O4/c1-11(14-7-10(6-12)15-11)8-3-2-4-9(13)5-8/h2-5,10,12-13H,6-7H2,1H3. The Hall–Kier alpha value is -1.10. The van der Waals surface area contributed by atoms with Crippen molar-refractivity contribution in [2.45, 2.75) is 18.8 Å². The predicted octanol–water partition coefficient (Wildman–Crippen LogP) is 0.973. The van der Waals surface area contributed by atoms with E-state index in [2.05, 4.69) is 0 Å². The predicted molar refractivity (Wildman–Crippen MR) is 53.4 cm³/mol. The van der Waals surface area contributed by atoms with E-state index in [0.717, 1.165) is 5.56 Å². The van der Waals surface area contributed by atoms with Crippen LogP contribution in [0.5, 0.6) is 5.75 Å². The molecule has 0 bridgehead atoms. The first-order valence-corrected chi connectivity index (χ1v) is 4.86. The fraction of sp³-hybridized carbons (Fsp3) is 0.455. The van der Waals surface area contributed by atoms with E-state index >= 15 is 0 Å². The number of phenols is 1. The van der Waals surface area contributed by atoms with Crippen LogP contribution in [0.4, 0.5) is 0 Å². The molecule has 4 heteroatoms. The van der Waals surface area contributed by atoms with Gasteiger partial charge >= 0.3 is 0 Å². The molecule has 2 unspecified atom stereocenters. The van der Waals surface area contributed by atoms with Gasteiger partial charge in [-0.05, 0) is 19.1 Å². The Balaban J connectivity index is 2.23. The Morgan fingerprint density at radius 3 is 2.93 bits per heavy atom. The third-order valence-corrected chi connectivity index (χ3v) is 2.51. The maximum atomic E-state index is 9.35. The molecule has 15 heavy (non-hydrogen) atoms. The molecule has 0 saturated carbocycles. The minimum atomic E-state index is -0.869. The average molecular weight is 210 g/mol. The Morgan fingerprint density at radius 2 is 2.33 bits per heavy atom. The molecule has 1 heterocycles. The van der Waals surface area contributed by atoms with Crippen LogP contribution in [0.3, 0.4) is 0 Å². The molecule has 0 aromatic heterocycles. The number of hydrogen-bond acceptors (Lipinski definition) is 4. The Labute approximate surface area is 88.1 Å². The lowest BCUT2D eigenvalue weighted by molar-refractivity contribution is -0.165. The zero-order valence-electron chi connectivity index (χ0n) is 8.51. The van der Waals surface area contributed by atoms with Gasteiger partial charge in [-0.2, -0.15) is 0 Å². The van der Waals surface area contributed by atoms with E-state index in [4.69, 9.17) is 14.6 Å². The molecule has 0 spiro atoms. The summed E-state index contributed by atoms with van der Waals surface area (Å²) >= 11 is 0. The van der Waals surface area contributed by atoms with Crippen LogP contribution in [0.1, 0.15) is 12.5 Å². The molecular weight excluding hydrogens is 196 g/mol. The van der Waals surface area contributed by atoms with Gasteiger partial charge in [0, 0.05) is 5.56 Å². The molecule has 0 radical (unpaired) electrons. The third kappa shape index (κ3) is 1.97. The molecule has 1 fully saturated rings. The van der Waals surface area contributed by atoms with Crippen LogP contribution < -0.4 is 0 Å². The molecule has 1 aliphatic rings. The van der Waals surface area contributed by atoms with Gasteiger partial charge in [-0.3, -0.25) is 0 Å². The lowest BCUT2D eigenvalue weighted by Gasteiger charge is -2.23. The summed E-state index contributed by atoms with van der Waals surface area (Å²) in [5, 5.41) is 18.3. The van der Waals surface area contributed by atoms with E-state index in [1.165, 1.54) is 0 Å². The van der Waals surface area contributed by atoms with Crippen molar-refractivity contribution >= 4 is 0 Å². The van der Waals surface area contributed by atoms with Gasteiger partial charge in [0.2, 0.25) is 0 Å². The summed E-state index contributed by atoms with van der Waals surface area (Å²) < 4.78 is 11.0. The molecule has 2 N–H and O–H groups in total. The van der Waals surface area contributed by atoms with Crippen molar-refractivity contribution in [3.05, 3.63) is 29.8 Å². The zero-order valence-corrected chi connectivity index (χ0v) is 8.51. The van der Waals surface area contributed by atoms with E-state index in [0.29, 0.717) is 6.61 Å². The lowest BCUT2D eigenvalue weighted by atomic mass is 10.1. The SMILES string of the molecule is CC1(c2cccc(O)c2)OCC(CO)O1. The number of ether oxygens (including phenoxy) is 2. The maximum Gasteiger partial charge on any atom is 0.192 e. The molecule has 1 aromatic carbocycles. The summed E-state index contributed by atoms with van der Waals surface area (Å²) in [6.45, 7) is 2.08. The van der Waals surface area contributed by atoms with Crippen LogP contribution in [-0.2, 0) is 15.3 Å². The number of aliphatic hydroxyl groups is 1. The Bertz CT molecular complexity index is 352. The van der Waals surface area contributed by atoms with E-state index < -0.39 is 5.79 Å². The van der Waals surface area contributed by atoms with Gasteiger partial charge < -0.3 is 19.7 Å². The van der Waals surface area contributed by atoms with Crippen LogP contribution in [0.15, 0.2) is 24.3 Å². The van der Waals surface area contributed by atoms with Crippen molar-refractivity contribution in [3.8, 4) is 5.75 Å². The molecule has 4 nitrogen and oxygen atoms in total. The van der Waals surface area contributed by atoms with Gasteiger partial charge in [0.25, 0.3) is 0 Å². The first kappa shape index (κ1) is 10.4. The molecule has 1 aliphatic heterocycles. The molecule has 2 atom stereocenters. The second-order valence-corrected chi connectivity index (χ2v) is 3.73. The highest BCUT2D eigenvalue weighted by Gasteiger charge is 2.38. The van der Waals surface area contributed by atoms with Crippen molar-refractivity contribution in [2.24, 2.45) is 0 Å². The lowest BCUT2D eigenvalue weighted by Crippen LogP contribution is -2.24. The fourth-order valence-electron chi connectivity index (χ4n) is 1.67. The largest absolute Gasteiger partial charge is 0.508 e. The van der Waals surface area contributed by atoms with E-state index in [-0.39, 0.29) is 18.5 Å². The molecular formula is C11H14O4. The van der Waals surface area contributed by atoms with Crippen molar-refractivity contribution in [2.75, 3.05) is 13.2 Å². The minimum Gasteiger partial charge on any atom is -0.508 e. The normalized spacial score (nSPS) is 30.7. The monoisotopic (exact) mass is 210 g/mol. The highest BCUT2D eigenvalue weighted by molar-refractivity contribution is 5.30. The maximum absolute atomic E-state index is 9.35.